The summed E-state index contributed by atoms with van der Waals surface area (Å²) in [6.07, 6.45) is 0.124. The molecule has 2 amide bonds. The van der Waals surface area contributed by atoms with E-state index in [1.807, 2.05) is 0 Å². The third-order valence-corrected chi connectivity index (χ3v) is 2.25. The van der Waals surface area contributed by atoms with Crippen LogP contribution in [0.15, 0.2) is 18.3 Å². The SMILES string of the molecule is CN(C)c1cc(C(=O)NCC(O)C(N)=O)ccn1. The van der Waals surface area contributed by atoms with Gasteiger partial charge in [-0.2, -0.15) is 0 Å². The van der Waals surface area contributed by atoms with Crippen molar-refractivity contribution in [2.45, 2.75) is 6.10 Å². The Morgan fingerprint density at radius 3 is 2.78 bits per heavy atom. The maximum absolute atomic E-state index is 11.7. The summed E-state index contributed by atoms with van der Waals surface area (Å²) in [5, 5.41) is 11.6. The lowest BCUT2D eigenvalue weighted by Crippen LogP contribution is -2.40. The van der Waals surface area contributed by atoms with Gasteiger partial charge in [-0.25, -0.2) is 4.98 Å². The van der Waals surface area contributed by atoms with Crippen LogP contribution in [0.3, 0.4) is 0 Å². The van der Waals surface area contributed by atoms with Crippen molar-refractivity contribution >= 4 is 17.6 Å². The maximum Gasteiger partial charge on any atom is 0.251 e. The van der Waals surface area contributed by atoms with E-state index in [4.69, 9.17) is 10.8 Å². The molecular formula is C11H16N4O3. The van der Waals surface area contributed by atoms with E-state index in [1.54, 1.807) is 31.1 Å². The van der Waals surface area contributed by atoms with Crippen molar-refractivity contribution < 1.29 is 14.7 Å². The molecule has 1 unspecified atom stereocenters. The van der Waals surface area contributed by atoms with Crippen molar-refractivity contribution in [1.29, 1.82) is 0 Å². The molecule has 18 heavy (non-hydrogen) atoms. The number of nitrogens with two attached hydrogens (primary N) is 1. The Hall–Kier alpha value is -2.15. The molecule has 0 saturated carbocycles. The number of amides is 2. The molecule has 0 bridgehead atoms. The Morgan fingerprint density at radius 2 is 2.22 bits per heavy atom. The number of aromatic nitrogens is 1. The molecule has 0 aliphatic heterocycles. The monoisotopic (exact) mass is 252 g/mol. The van der Waals surface area contributed by atoms with Gasteiger partial charge < -0.3 is 21.1 Å². The Balaban J connectivity index is 2.67. The summed E-state index contributed by atoms with van der Waals surface area (Å²) in [6.45, 7) is -0.214. The summed E-state index contributed by atoms with van der Waals surface area (Å²) in [4.78, 5) is 28.1. The standard InChI is InChI=1S/C11H16N4O3/c1-15(2)9-5-7(3-4-13-9)11(18)14-6-8(16)10(12)17/h3-5,8,16H,6H2,1-2H3,(H2,12,17)(H,14,18). The molecule has 1 atom stereocenters. The van der Waals surface area contributed by atoms with E-state index in [-0.39, 0.29) is 6.54 Å². The zero-order chi connectivity index (χ0) is 13.7. The molecule has 1 heterocycles. The largest absolute Gasteiger partial charge is 0.381 e. The van der Waals surface area contributed by atoms with E-state index < -0.39 is 17.9 Å². The van der Waals surface area contributed by atoms with Crippen molar-refractivity contribution in [1.82, 2.24) is 10.3 Å². The molecule has 7 heteroatoms. The number of pyridine rings is 1. The van der Waals surface area contributed by atoms with E-state index in [1.165, 1.54) is 6.20 Å². The second-order valence-corrected chi connectivity index (χ2v) is 3.93. The first kappa shape index (κ1) is 13.9. The highest BCUT2D eigenvalue weighted by Gasteiger charge is 2.13. The topological polar surface area (TPSA) is 109 Å². The van der Waals surface area contributed by atoms with Gasteiger partial charge >= 0.3 is 0 Å². The predicted molar refractivity (Wildman–Crippen MR) is 66.1 cm³/mol. The fraction of sp³-hybridized carbons (Fsp3) is 0.364. The Bertz CT molecular complexity index is 448. The van der Waals surface area contributed by atoms with E-state index >= 15 is 0 Å². The molecule has 0 aliphatic rings. The first-order valence-corrected chi connectivity index (χ1v) is 5.30. The number of rotatable bonds is 5. The number of primary amides is 1. The van der Waals surface area contributed by atoms with Gasteiger partial charge in [0, 0.05) is 25.9 Å². The molecule has 4 N–H and O–H groups in total. The lowest BCUT2D eigenvalue weighted by atomic mass is 10.2. The summed E-state index contributed by atoms with van der Waals surface area (Å²) < 4.78 is 0. The van der Waals surface area contributed by atoms with Gasteiger partial charge in [0.05, 0.1) is 6.54 Å². The van der Waals surface area contributed by atoms with Crippen LogP contribution in [-0.4, -0.2) is 48.6 Å². The van der Waals surface area contributed by atoms with Crippen LogP contribution in [0.1, 0.15) is 10.4 Å². The van der Waals surface area contributed by atoms with Gasteiger partial charge in [-0.15, -0.1) is 0 Å². The number of carbonyl (C=O) groups excluding carboxylic acids is 2. The minimum Gasteiger partial charge on any atom is -0.381 e. The molecule has 0 saturated heterocycles. The number of hydrogen-bond acceptors (Lipinski definition) is 5. The average molecular weight is 252 g/mol. The predicted octanol–water partition coefficient (Wildman–Crippen LogP) is -1.28. The number of anilines is 1. The summed E-state index contributed by atoms with van der Waals surface area (Å²) in [5.41, 5.74) is 5.26. The Labute approximate surface area is 105 Å². The van der Waals surface area contributed by atoms with Crippen LogP contribution < -0.4 is 16.0 Å². The molecule has 1 aromatic heterocycles. The third-order valence-electron chi connectivity index (χ3n) is 2.25. The quantitative estimate of drug-likeness (QED) is 0.605. The van der Waals surface area contributed by atoms with Crippen molar-refractivity contribution in [3.8, 4) is 0 Å². The minimum atomic E-state index is -1.39. The smallest absolute Gasteiger partial charge is 0.251 e. The van der Waals surface area contributed by atoms with Crippen LogP contribution in [0.25, 0.3) is 0 Å². The lowest BCUT2D eigenvalue weighted by molar-refractivity contribution is -0.125. The first-order chi connectivity index (χ1) is 8.41. The third kappa shape index (κ3) is 3.70. The zero-order valence-corrected chi connectivity index (χ0v) is 10.3. The Kier molecular flexibility index (Phi) is 4.61. The highest BCUT2D eigenvalue weighted by Crippen LogP contribution is 2.09. The van der Waals surface area contributed by atoms with Crippen LogP contribution in [-0.2, 0) is 4.79 Å². The molecule has 1 aromatic rings. The fourth-order valence-electron chi connectivity index (χ4n) is 1.20. The molecule has 7 nitrogen and oxygen atoms in total. The van der Waals surface area contributed by atoms with Crippen molar-refractivity contribution in [3.63, 3.8) is 0 Å². The van der Waals surface area contributed by atoms with E-state index in [9.17, 15) is 9.59 Å². The highest BCUT2D eigenvalue weighted by atomic mass is 16.3. The van der Waals surface area contributed by atoms with Crippen LogP contribution in [0.4, 0.5) is 5.82 Å². The fourth-order valence-corrected chi connectivity index (χ4v) is 1.20. The molecule has 0 radical (unpaired) electrons. The highest BCUT2D eigenvalue weighted by molar-refractivity contribution is 5.95. The van der Waals surface area contributed by atoms with Crippen LogP contribution in [0, 0.1) is 0 Å². The summed E-state index contributed by atoms with van der Waals surface area (Å²) in [5.74, 6) is -0.641. The van der Waals surface area contributed by atoms with Crippen LogP contribution >= 0.6 is 0 Å². The second-order valence-electron chi connectivity index (χ2n) is 3.93. The van der Waals surface area contributed by atoms with Crippen molar-refractivity contribution in [3.05, 3.63) is 23.9 Å². The minimum absolute atomic E-state index is 0.214. The number of nitrogens with one attached hydrogen (secondary N) is 1. The maximum atomic E-state index is 11.7. The lowest BCUT2D eigenvalue weighted by Gasteiger charge is -2.12. The Morgan fingerprint density at radius 1 is 1.56 bits per heavy atom. The van der Waals surface area contributed by atoms with Crippen LogP contribution in [0.5, 0.6) is 0 Å². The number of nitrogens with zero attached hydrogens (tertiary/aromatic N) is 2. The van der Waals surface area contributed by atoms with Gasteiger partial charge in [0.1, 0.15) is 11.9 Å². The van der Waals surface area contributed by atoms with Crippen molar-refractivity contribution in [2.24, 2.45) is 5.73 Å². The average Bonchev–Trinajstić information content (AvgIpc) is 2.35. The molecule has 1 rings (SSSR count). The molecule has 98 valence electrons. The molecule has 0 aromatic carbocycles. The number of aliphatic hydroxyl groups is 1. The second kappa shape index (κ2) is 5.97. The molecule has 0 fully saturated rings. The zero-order valence-electron chi connectivity index (χ0n) is 10.3. The van der Waals surface area contributed by atoms with E-state index in [2.05, 4.69) is 10.3 Å². The van der Waals surface area contributed by atoms with E-state index in [0.717, 1.165) is 0 Å². The normalized spacial score (nSPS) is 11.7. The van der Waals surface area contributed by atoms with Gasteiger partial charge in [0.2, 0.25) is 5.91 Å². The molecule has 0 aliphatic carbocycles. The summed E-state index contributed by atoms with van der Waals surface area (Å²) in [6, 6.07) is 3.14. The number of aliphatic hydroxyl groups excluding tert-OH is 1. The summed E-state index contributed by atoms with van der Waals surface area (Å²) >= 11 is 0. The van der Waals surface area contributed by atoms with Gasteiger partial charge in [-0.1, -0.05) is 0 Å². The first-order valence-electron chi connectivity index (χ1n) is 5.30. The van der Waals surface area contributed by atoms with Crippen molar-refractivity contribution in [2.75, 3.05) is 25.5 Å². The molecular weight excluding hydrogens is 236 g/mol. The van der Waals surface area contributed by atoms with Crippen LogP contribution in [0.2, 0.25) is 0 Å². The van der Waals surface area contributed by atoms with E-state index in [0.29, 0.717) is 11.4 Å². The van der Waals surface area contributed by atoms with Gasteiger partial charge in [0.15, 0.2) is 0 Å². The summed E-state index contributed by atoms with van der Waals surface area (Å²) in [7, 11) is 3.61. The number of hydrogen-bond donors (Lipinski definition) is 3. The van der Waals surface area contributed by atoms with Gasteiger partial charge in [-0.05, 0) is 12.1 Å². The van der Waals surface area contributed by atoms with Gasteiger partial charge in [0.25, 0.3) is 5.91 Å². The molecule has 0 spiro atoms. The van der Waals surface area contributed by atoms with Gasteiger partial charge in [-0.3, -0.25) is 9.59 Å². The number of carbonyl (C=O) groups is 2.